The van der Waals surface area contributed by atoms with Crippen molar-refractivity contribution in [2.45, 2.75) is 52.6 Å². The maximum absolute atomic E-state index is 5.76. The van der Waals surface area contributed by atoms with Crippen molar-refractivity contribution < 1.29 is 0 Å². The number of anilines is 1. The molecule has 1 fully saturated rings. The van der Waals surface area contributed by atoms with Crippen LogP contribution >= 0.6 is 0 Å². The molecule has 0 spiro atoms. The van der Waals surface area contributed by atoms with Crippen LogP contribution in [0.2, 0.25) is 0 Å². The van der Waals surface area contributed by atoms with E-state index in [0.29, 0.717) is 0 Å². The SMILES string of the molecule is CCC(C)CC(CC)N1CCN(Cc2ccc(N)cc2)CC1. The first-order chi connectivity index (χ1) is 10.6. The van der Waals surface area contributed by atoms with E-state index < -0.39 is 0 Å². The number of hydrogen-bond acceptors (Lipinski definition) is 3. The van der Waals surface area contributed by atoms with Crippen LogP contribution in [0.5, 0.6) is 0 Å². The van der Waals surface area contributed by atoms with Crippen molar-refractivity contribution in [2.75, 3.05) is 31.9 Å². The van der Waals surface area contributed by atoms with Crippen molar-refractivity contribution in [2.24, 2.45) is 5.92 Å². The first kappa shape index (κ1) is 17.3. The van der Waals surface area contributed by atoms with Crippen LogP contribution in [-0.2, 0) is 6.54 Å². The largest absolute Gasteiger partial charge is 0.399 e. The number of nitrogens with zero attached hydrogens (tertiary/aromatic N) is 2. The molecule has 1 saturated heterocycles. The summed E-state index contributed by atoms with van der Waals surface area (Å²) in [5.74, 6) is 0.845. The molecule has 2 atom stereocenters. The third-order valence-corrected chi connectivity index (χ3v) is 5.15. The predicted octanol–water partition coefficient (Wildman–Crippen LogP) is 3.60. The Hall–Kier alpha value is -1.06. The molecule has 1 aliphatic heterocycles. The normalized spacial score (nSPS) is 20.0. The van der Waals surface area contributed by atoms with Crippen LogP contribution in [-0.4, -0.2) is 42.0 Å². The Morgan fingerprint density at radius 3 is 2.18 bits per heavy atom. The maximum atomic E-state index is 5.76. The van der Waals surface area contributed by atoms with Gasteiger partial charge in [0.2, 0.25) is 0 Å². The lowest BCUT2D eigenvalue weighted by molar-refractivity contribution is 0.0796. The van der Waals surface area contributed by atoms with E-state index in [4.69, 9.17) is 5.73 Å². The van der Waals surface area contributed by atoms with Gasteiger partial charge in [-0.05, 0) is 36.5 Å². The van der Waals surface area contributed by atoms with Crippen LogP contribution in [0.25, 0.3) is 0 Å². The molecule has 1 aromatic carbocycles. The molecule has 0 amide bonds. The zero-order valence-corrected chi connectivity index (χ0v) is 14.6. The molecule has 1 aromatic rings. The third-order valence-electron chi connectivity index (χ3n) is 5.15. The first-order valence-corrected chi connectivity index (χ1v) is 8.93. The lowest BCUT2D eigenvalue weighted by Gasteiger charge is -2.40. The molecule has 0 aromatic heterocycles. The molecule has 2 rings (SSSR count). The van der Waals surface area contributed by atoms with Crippen LogP contribution in [0.4, 0.5) is 5.69 Å². The van der Waals surface area contributed by atoms with E-state index >= 15 is 0 Å². The zero-order chi connectivity index (χ0) is 15.9. The summed E-state index contributed by atoms with van der Waals surface area (Å²) in [4.78, 5) is 5.28. The van der Waals surface area contributed by atoms with Crippen LogP contribution in [0, 0.1) is 5.92 Å². The van der Waals surface area contributed by atoms with Crippen LogP contribution in [0.15, 0.2) is 24.3 Å². The number of benzene rings is 1. The highest BCUT2D eigenvalue weighted by atomic mass is 15.3. The summed E-state index contributed by atoms with van der Waals surface area (Å²) in [6.07, 6.45) is 3.93. The summed E-state index contributed by atoms with van der Waals surface area (Å²) >= 11 is 0. The Balaban J connectivity index is 1.80. The highest BCUT2D eigenvalue weighted by Gasteiger charge is 2.23. The second kappa shape index (κ2) is 8.54. The van der Waals surface area contributed by atoms with Gasteiger partial charge in [0, 0.05) is 44.5 Å². The molecule has 3 heteroatoms. The highest BCUT2D eigenvalue weighted by molar-refractivity contribution is 5.39. The van der Waals surface area contributed by atoms with E-state index in [9.17, 15) is 0 Å². The van der Waals surface area contributed by atoms with Crippen LogP contribution in [0.3, 0.4) is 0 Å². The standard InChI is InChI=1S/C19H33N3/c1-4-16(3)14-19(5-2)22-12-10-21(11-13-22)15-17-6-8-18(20)9-7-17/h6-9,16,19H,4-5,10-15,20H2,1-3H3. The fourth-order valence-electron chi connectivity index (χ4n) is 3.37. The van der Waals surface area contributed by atoms with E-state index in [1.807, 2.05) is 12.1 Å². The topological polar surface area (TPSA) is 32.5 Å². The second-order valence-corrected chi connectivity index (χ2v) is 6.86. The molecule has 2 N–H and O–H groups in total. The Morgan fingerprint density at radius 1 is 1.00 bits per heavy atom. The van der Waals surface area contributed by atoms with Gasteiger partial charge in [-0.1, -0.05) is 39.3 Å². The minimum atomic E-state index is 0.772. The summed E-state index contributed by atoms with van der Waals surface area (Å²) in [6.45, 7) is 12.9. The first-order valence-electron chi connectivity index (χ1n) is 8.93. The summed E-state index contributed by atoms with van der Waals surface area (Å²) in [5, 5.41) is 0. The van der Waals surface area contributed by atoms with Gasteiger partial charge in [-0.25, -0.2) is 0 Å². The van der Waals surface area contributed by atoms with Crippen LogP contribution < -0.4 is 5.73 Å². The summed E-state index contributed by atoms with van der Waals surface area (Å²) in [7, 11) is 0. The maximum Gasteiger partial charge on any atom is 0.0314 e. The van der Waals surface area contributed by atoms with Gasteiger partial charge < -0.3 is 5.73 Å². The molecule has 22 heavy (non-hydrogen) atoms. The Morgan fingerprint density at radius 2 is 1.64 bits per heavy atom. The number of piperazine rings is 1. The monoisotopic (exact) mass is 303 g/mol. The molecular formula is C19H33N3. The number of nitrogens with two attached hydrogens (primary N) is 1. The summed E-state index contributed by atoms with van der Waals surface area (Å²) < 4.78 is 0. The smallest absolute Gasteiger partial charge is 0.0314 e. The van der Waals surface area contributed by atoms with Gasteiger partial charge in [-0.3, -0.25) is 9.80 Å². The van der Waals surface area contributed by atoms with Gasteiger partial charge >= 0.3 is 0 Å². The molecule has 0 radical (unpaired) electrons. The minimum absolute atomic E-state index is 0.772. The van der Waals surface area contributed by atoms with Gasteiger partial charge in [-0.2, -0.15) is 0 Å². The van der Waals surface area contributed by atoms with Crippen molar-refractivity contribution in [1.29, 1.82) is 0 Å². The fraction of sp³-hybridized carbons (Fsp3) is 0.684. The van der Waals surface area contributed by atoms with Crippen molar-refractivity contribution in [1.82, 2.24) is 9.80 Å². The lowest BCUT2D eigenvalue weighted by Crippen LogP contribution is -2.50. The molecule has 2 unspecified atom stereocenters. The third kappa shape index (κ3) is 4.99. The van der Waals surface area contributed by atoms with Crippen LogP contribution in [0.1, 0.15) is 45.6 Å². The average Bonchev–Trinajstić information content (AvgIpc) is 2.55. The van der Waals surface area contributed by atoms with Gasteiger partial charge in [0.05, 0.1) is 0 Å². The lowest BCUT2D eigenvalue weighted by atomic mass is 9.96. The van der Waals surface area contributed by atoms with E-state index in [2.05, 4.69) is 42.7 Å². The molecule has 3 nitrogen and oxygen atoms in total. The molecule has 1 aliphatic rings. The van der Waals surface area contributed by atoms with E-state index in [-0.39, 0.29) is 0 Å². The second-order valence-electron chi connectivity index (χ2n) is 6.86. The van der Waals surface area contributed by atoms with E-state index in [1.165, 1.54) is 51.0 Å². The van der Waals surface area contributed by atoms with E-state index in [0.717, 1.165) is 24.2 Å². The molecular weight excluding hydrogens is 270 g/mol. The average molecular weight is 303 g/mol. The molecule has 0 aliphatic carbocycles. The zero-order valence-electron chi connectivity index (χ0n) is 14.6. The summed E-state index contributed by atoms with van der Waals surface area (Å²) in [5.41, 5.74) is 7.98. The fourth-order valence-corrected chi connectivity index (χ4v) is 3.37. The Labute approximate surface area is 136 Å². The molecule has 124 valence electrons. The van der Waals surface area contributed by atoms with Crippen molar-refractivity contribution in [3.8, 4) is 0 Å². The molecule has 1 heterocycles. The number of rotatable bonds is 7. The van der Waals surface area contributed by atoms with Gasteiger partial charge in [0.15, 0.2) is 0 Å². The highest BCUT2D eigenvalue weighted by Crippen LogP contribution is 2.19. The van der Waals surface area contributed by atoms with Gasteiger partial charge in [-0.15, -0.1) is 0 Å². The Kier molecular flexibility index (Phi) is 6.71. The number of hydrogen-bond donors (Lipinski definition) is 1. The van der Waals surface area contributed by atoms with Crippen molar-refractivity contribution >= 4 is 5.69 Å². The summed E-state index contributed by atoms with van der Waals surface area (Å²) in [6, 6.07) is 9.09. The van der Waals surface area contributed by atoms with Crippen molar-refractivity contribution in [3.05, 3.63) is 29.8 Å². The van der Waals surface area contributed by atoms with Gasteiger partial charge in [0.1, 0.15) is 0 Å². The van der Waals surface area contributed by atoms with Crippen molar-refractivity contribution in [3.63, 3.8) is 0 Å². The van der Waals surface area contributed by atoms with E-state index in [1.54, 1.807) is 0 Å². The molecule has 0 saturated carbocycles. The van der Waals surface area contributed by atoms with Gasteiger partial charge in [0.25, 0.3) is 0 Å². The quantitative estimate of drug-likeness (QED) is 0.781. The molecule has 0 bridgehead atoms. The Bertz CT molecular complexity index is 421. The number of nitrogen functional groups attached to an aromatic ring is 1. The predicted molar refractivity (Wildman–Crippen MR) is 95.9 cm³/mol. The minimum Gasteiger partial charge on any atom is -0.399 e.